The smallest absolute Gasteiger partial charge is 0.246 e. The van der Waals surface area contributed by atoms with Crippen molar-refractivity contribution >= 4 is 11.6 Å². The fourth-order valence-corrected chi connectivity index (χ4v) is 3.32. The van der Waals surface area contributed by atoms with Crippen molar-refractivity contribution < 1.29 is 9.18 Å². The Morgan fingerprint density at radius 2 is 1.65 bits per heavy atom. The van der Waals surface area contributed by atoms with Gasteiger partial charge in [0.05, 0.1) is 5.69 Å². The predicted octanol–water partition coefficient (Wildman–Crippen LogP) is 4.44. The monoisotopic (exact) mass is 415 g/mol. The zero-order chi connectivity index (χ0) is 21.6. The maximum Gasteiger partial charge on any atom is 0.246 e. The maximum atomic E-state index is 13.2. The number of hydrogen-bond donors (Lipinski definition) is 2. The topological polar surface area (TPSA) is 71.8 Å². The molecule has 4 rings (SSSR count). The van der Waals surface area contributed by atoms with Crippen LogP contribution in [0.5, 0.6) is 0 Å². The number of rotatable bonds is 7. The third-order valence-electron chi connectivity index (χ3n) is 5.00. The normalized spacial score (nSPS) is 12.8. The molecule has 0 aliphatic heterocycles. The molecule has 2 atom stereocenters. The van der Waals surface area contributed by atoms with Crippen LogP contribution >= 0.6 is 0 Å². The van der Waals surface area contributed by atoms with E-state index in [4.69, 9.17) is 0 Å². The van der Waals surface area contributed by atoms with E-state index in [1.54, 1.807) is 23.1 Å². The molecule has 31 heavy (non-hydrogen) atoms. The fraction of sp³-hybridized carbons (Fsp3) is 0.125. The standard InChI is InChI=1S/C24H22FN5O/c1-17(18-7-13-22(14-8-18)30-16-26-15-27-30)28-23(19-5-3-2-4-6-19)24(31)29-21-11-9-20(25)10-12-21/h2-17,23,28H,1H3,(H,29,31)/t17-,23-/m0/s1. The first kappa shape index (κ1) is 20.4. The highest BCUT2D eigenvalue weighted by Gasteiger charge is 2.23. The molecule has 0 unspecified atom stereocenters. The van der Waals surface area contributed by atoms with Gasteiger partial charge in [-0.2, -0.15) is 5.10 Å². The molecule has 156 valence electrons. The number of nitrogens with zero attached hydrogens (tertiary/aromatic N) is 3. The van der Waals surface area contributed by atoms with E-state index in [1.165, 1.54) is 18.5 Å². The molecule has 0 saturated carbocycles. The molecular formula is C24H22FN5O. The van der Waals surface area contributed by atoms with Crippen molar-refractivity contribution in [3.05, 3.63) is 108 Å². The lowest BCUT2D eigenvalue weighted by Crippen LogP contribution is -2.34. The average molecular weight is 415 g/mol. The lowest BCUT2D eigenvalue weighted by molar-refractivity contribution is -0.118. The molecule has 0 saturated heterocycles. The van der Waals surface area contributed by atoms with E-state index >= 15 is 0 Å². The van der Waals surface area contributed by atoms with Gasteiger partial charge in [0.25, 0.3) is 0 Å². The Hall–Kier alpha value is -3.84. The Morgan fingerprint density at radius 1 is 0.935 bits per heavy atom. The van der Waals surface area contributed by atoms with Crippen LogP contribution in [0.4, 0.5) is 10.1 Å². The summed E-state index contributed by atoms with van der Waals surface area (Å²) in [6.07, 6.45) is 3.13. The van der Waals surface area contributed by atoms with E-state index in [0.717, 1.165) is 16.8 Å². The number of hydrogen-bond acceptors (Lipinski definition) is 4. The van der Waals surface area contributed by atoms with Crippen molar-refractivity contribution in [1.82, 2.24) is 20.1 Å². The second kappa shape index (κ2) is 9.32. The number of amides is 1. The Kier molecular flexibility index (Phi) is 6.14. The summed E-state index contributed by atoms with van der Waals surface area (Å²) in [6, 6.07) is 22.4. The van der Waals surface area contributed by atoms with Crippen LogP contribution in [0.3, 0.4) is 0 Å². The van der Waals surface area contributed by atoms with Crippen molar-refractivity contribution in [3.8, 4) is 5.69 Å². The third kappa shape index (κ3) is 5.02. The summed E-state index contributed by atoms with van der Waals surface area (Å²) in [6.45, 7) is 2.01. The summed E-state index contributed by atoms with van der Waals surface area (Å²) < 4.78 is 14.9. The maximum absolute atomic E-state index is 13.2. The summed E-state index contributed by atoms with van der Waals surface area (Å²) in [5.41, 5.74) is 3.31. The molecule has 0 aliphatic rings. The van der Waals surface area contributed by atoms with Gasteiger partial charge in [0.15, 0.2) is 0 Å². The van der Waals surface area contributed by atoms with Gasteiger partial charge in [0.1, 0.15) is 24.5 Å². The van der Waals surface area contributed by atoms with Crippen molar-refractivity contribution in [2.75, 3.05) is 5.32 Å². The molecule has 0 fully saturated rings. The molecule has 3 aromatic carbocycles. The Labute approximate surface area is 179 Å². The zero-order valence-electron chi connectivity index (χ0n) is 16.9. The van der Waals surface area contributed by atoms with Crippen LogP contribution < -0.4 is 10.6 Å². The number of anilines is 1. The Morgan fingerprint density at radius 3 is 2.29 bits per heavy atom. The second-order valence-electron chi connectivity index (χ2n) is 7.16. The number of carbonyl (C=O) groups excluding carboxylic acids is 1. The van der Waals surface area contributed by atoms with Gasteiger partial charge in [-0.1, -0.05) is 42.5 Å². The highest BCUT2D eigenvalue weighted by molar-refractivity contribution is 5.95. The molecule has 1 aromatic heterocycles. The highest BCUT2D eigenvalue weighted by Crippen LogP contribution is 2.22. The summed E-state index contributed by atoms with van der Waals surface area (Å²) in [7, 11) is 0. The minimum Gasteiger partial charge on any atom is -0.324 e. The van der Waals surface area contributed by atoms with Gasteiger partial charge >= 0.3 is 0 Å². The quantitative estimate of drug-likeness (QED) is 0.468. The molecule has 4 aromatic rings. The molecular weight excluding hydrogens is 393 g/mol. The number of halogens is 1. The molecule has 0 aliphatic carbocycles. The van der Waals surface area contributed by atoms with Crippen LogP contribution in [0.1, 0.15) is 30.1 Å². The largest absolute Gasteiger partial charge is 0.324 e. The van der Waals surface area contributed by atoms with Crippen LogP contribution in [0, 0.1) is 5.82 Å². The minimum absolute atomic E-state index is 0.103. The SMILES string of the molecule is C[C@H](N[C@H](C(=O)Nc1ccc(F)cc1)c1ccccc1)c1ccc(-n2cncn2)cc1. The minimum atomic E-state index is -0.587. The van der Waals surface area contributed by atoms with Crippen LogP contribution in [0.25, 0.3) is 5.69 Å². The number of carbonyl (C=O) groups is 1. The molecule has 0 radical (unpaired) electrons. The Balaban J connectivity index is 1.52. The van der Waals surface area contributed by atoms with Gasteiger partial charge in [0, 0.05) is 11.7 Å². The van der Waals surface area contributed by atoms with Crippen molar-refractivity contribution in [2.45, 2.75) is 19.0 Å². The Bertz CT molecular complexity index is 1110. The summed E-state index contributed by atoms with van der Waals surface area (Å²) in [5, 5.41) is 10.4. The van der Waals surface area contributed by atoms with E-state index in [1.807, 2.05) is 61.5 Å². The van der Waals surface area contributed by atoms with Crippen LogP contribution in [0.2, 0.25) is 0 Å². The highest BCUT2D eigenvalue weighted by atomic mass is 19.1. The molecule has 6 nitrogen and oxygen atoms in total. The van der Waals surface area contributed by atoms with Gasteiger partial charge < -0.3 is 5.32 Å². The van der Waals surface area contributed by atoms with Crippen LogP contribution in [-0.4, -0.2) is 20.7 Å². The number of aromatic nitrogens is 3. The second-order valence-corrected chi connectivity index (χ2v) is 7.16. The molecule has 2 N–H and O–H groups in total. The molecule has 7 heteroatoms. The fourth-order valence-electron chi connectivity index (χ4n) is 3.32. The van der Waals surface area contributed by atoms with Gasteiger partial charge in [0.2, 0.25) is 5.91 Å². The van der Waals surface area contributed by atoms with E-state index in [9.17, 15) is 9.18 Å². The zero-order valence-corrected chi connectivity index (χ0v) is 16.9. The van der Waals surface area contributed by atoms with Crippen LogP contribution in [0.15, 0.2) is 91.5 Å². The molecule has 1 amide bonds. The first-order valence-electron chi connectivity index (χ1n) is 9.92. The van der Waals surface area contributed by atoms with E-state index < -0.39 is 6.04 Å². The summed E-state index contributed by atoms with van der Waals surface area (Å²) in [4.78, 5) is 17.1. The van der Waals surface area contributed by atoms with E-state index in [2.05, 4.69) is 20.7 Å². The lowest BCUT2D eigenvalue weighted by Gasteiger charge is -2.24. The van der Waals surface area contributed by atoms with Gasteiger partial charge in [-0.15, -0.1) is 0 Å². The van der Waals surface area contributed by atoms with Gasteiger partial charge in [-0.25, -0.2) is 14.1 Å². The van der Waals surface area contributed by atoms with Crippen molar-refractivity contribution in [2.24, 2.45) is 0 Å². The van der Waals surface area contributed by atoms with Crippen molar-refractivity contribution in [1.29, 1.82) is 0 Å². The first-order chi connectivity index (χ1) is 15.1. The molecule has 0 bridgehead atoms. The van der Waals surface area contributed by atoms with E-state index in [-0.39, 0.29) is 17.8 Å². The van der Waals surface area contributed by atoms with Gasteiger partial charge in [-0.05, 0) is 54.4 Å². The van der Waals surface area contributed by atoms with Crippen molar-refractivity contribution in [3.63, 3.8) is 0 Å². The molecule has 1 heterocycles. The average Bonchev–Trinajstić information content (AvgIpc) is 3.34. The number of benzene rings is 3. The number of nitrogens with one attached hydrogen (secondary N) is 2. The van der Waals surface area contributed by atoms with Crippen LogP contribution in [-0.2, 0) is 4.79 Å². The third-order valence-corrected chi connectivity index (χ3v) is 5.00. The van der Waals surface area contributed by atoms with Gasteiger partial charge in [-0.3, -0.25) is 10.1 Å². The van der Waals surface area contributed by atoms with E-state index in [0.29, 0.717) is 5.69 Å². The summed E-state index contributed by atoms with van der Waals surface area (Å²) >= 11 is 0. The summed E-state index contributed by atoms with van der Waals surface area (Å²) in [5.74, 6) is -0.567. The predicted molar refractivity (Wildman–Crippen MR) is 117 cm³/mol. The molecule has 0 spiro atoms. The first-order valence-corrected chi connectivity index (χ1v) is 9.92. The lowest BCUT2D eigenvalue weighted by atomic mass is 10.0.